The van der Waals surface area contributed by atoms with Gasteiger partial charge in [-0.05, 0) is 0 Å². The predicted octanol–water partition coefficient (Wildman–Crippen LogP) is 6.16. The van der Waals surface area contributed by atoms with Gasteiger partial charge in [-0.3, -0.25) is 0 Å². The molecule has 0 amide bonds. The normalized spacial score (nSPS) is 16.3. The molecule has 0 N–H and O–H groups in total. The van der Waals surface area contributed by atoms with E-state index in [9.17, 15) is 65.9 Å². The second kappa shape index (κ2) is 5.99. The standard InChI is InChI=1S/C10H7F15/c1-4(11,12)7(17,18)5(13,14)2-3-6(15,16)8(19,20)9(21,22)10(23,24)25/h2-3H2,1H3. The fourth-order valence-electron chi connectivity index (χ4n) is 1.36. The van der Waals surface area contributed by atoms with E-state index in [2.05, 4.69) is 0 Å². The van der Waals surface area contributed by atoms with Crippen molar-refractivity contribution in [2.24, 2.45) is 0 Å². The van der Waals surface area contributed by atoms with Gasteiger partial charge in [-0.2, -0.15) is 65.9 Å². The van der Waals surface area contributed by atoms with Gasteiger partial charge in [0.1, 0.15) is 0 Å². The summed E-state index contributed by atoms with van der Waals surface area (Å²) in [6.07, 6.45) is -13.8. The van der Waals surface area contributed by atoms with Crippen molar-refractivity contribution in [2.75, 3.05) is 0 Å². The summed E-state index contributed by atoms with van der Waals surface area (Å²) in [5.41, 5.74) is 0. The molecule has 0 heterocycles. The van der Waals surface area contributed by atoms with E-state index in [1.165, 1.54) is 0 Å². The van der Waals surface area contributed by atoms with Crippen LogP contribution >= 0.6 is 0 Å². The molecule has 0 atom stereocenters. The van der Waals surface area contributed by atoms with Gasteiger partial charge in [-0.15, -0.1) is 0 Å². The molecule has 0 aliphatic carbocycles. The van der Waals surface area contributed by atoms with Crippen LogP contribution in [0.5, 0.6) is 0 Å². The second-order valence-corrected chi connectivity index (χ2v) is 5.02. The minimum atomic E-state index is -7.41. The first kappa shape index (κ1) is 23.9. The van der Waals surface area contributed by atoms with Crippen LogP contribution < -0.4 is 0 Å². The molecule has 0 bridgehead atoms. The molecule has 0 fully saturated rings. The quantitative estimate of drug-likeness (QED) is 0.440. The topological polar surface area (TPSA) is 0 Å². The average molecular weight is 412 g/mol. The Morgan fingerprint density at radius 3 is 0.960 bits per heavy atom. The lowest BCUT2D eigenvalue weighted by Crippen LogP contribution is -2.61. The molecular formula is C10H7F15. The molecular weight excluding hydrogens is 405 g/mol. The Balaban J connectivity index is 5.61. The lowest BCUT2D eigenvalue weighted by molar-refractivity contribution is -0.398. The van der Waals surface area contributed by atoms with Crippen LogP contribution in [0.1, 0.15) is 19.8 Å². The highest BCUT2D eigenvalue weighted by Crippen LogP contribution is 2.56. The highest BCUT2D eigenvalue weighted by atomic mass is 19.4. The highest BCUT2D eigenvalue weighted by molar-refractivity contribution is 5.02. The zero-order valence-corrected chi connectivity index (χ0v) is 11.6. The third kappa shape index (κ3) is 3.88. The Kier molecular flexibility index (Phi) is 5.74. The summed E-state index contributed by atoms with van der Waals surface area (Å²) in [6.45, 7) is -0.772. The van der Waals surface area contributed by atoms with Crippen LogP contribution in [0.3, 0.4) is 0 Å². The summed E-state index contributed by atoms with van der Waals surface area (Å²) in [6, 6.07) is 0. The van der Waals surface area contributed by atoms with Gasteiger partial charge in [0.15, 0.2) is 0 Å². The number of halogens is 15. The van der Waals surface area contributed by atoms with Crippen molar-refractivity contribution in [1.29, 1.82) is 0 Å². The number of rotatable bonds is 7. The van der Waals surface area contributed by atoms with Crippen molar-refractivity contribution in [2.45, 2.75) is 61.5 Å². The van der Waals surface area contributed by atoms with E-state index in [1.54, 1.807) is 0 Å². The number of hydrogen-bond acceptors (Lipinski definition) is 0. The van der Waals surface area contributed by atoms with Crippen LogP contribution in [0, 0.1) is 0 Å². The molecule has 0 radical (unpaired) electrons. The van der Waals surface area contributed by atoms with E-state index in [0.717, 1.165) is 0 Å². The van der Waals surface area contributed by atoms with Crippen LogP contribution in [0.4, 0.5) is 65.9 Å². The molecule has 0 saturated heterocycles. The predicted molar refractivity (Wildman–Crippen MR) is 50.6 cm³/mol. The largest absolute Gasteiger partial charge is 0.460 e. The number of alkyl halides is 15. The van der Waals surface area contributed by atoms with Gasteiger partial charge in [0, 0.05) is 19.8 Å². The SMILES string of the molecule is CC(F)(F)C(F)(F)C(F)(F)CCC(F)(F)C(F)(F)C(F)(F)C(F)(F)F. The zero-order chi connectivity index (χ0) is 20.9. The van der Waals surface area contributed by atoms with E-state index in [0.29, 0.717) is 0 Å². The molecule has 0 rings (SSSR count). The summed E-state index contributed by atoms with van der Waals surface area (Å²) in [5, 5.41) is 0. The molecule has 152 valence electrons. The van der Waals surface area contributed by atoms with E-state index in [1.807, 2.05) is 0 Å². The maximum atomic E-state index is 12.9. The summed E-state index contributed by atoms with van der Waals surface area (Å²) in [4.78, 5) is 0. The summed E-state index contributed by atoms with van der Waals surface area (Å²) in [7, 11) is 0. The zero-order valence-electron chi connectivity index (χ0n) is 11.6. The maximum absolute atomic E-state index is 12.9. The van der Waals surface area contributed by atoms with Crippen LogP contribution in [0.2, 0.25) is 0 Å². The third-order valence-electron chi connectivity index (χ3n) is 2.97. The Hall–Kier alpha value is -1.05. The monoisotopic (exact) mass is 412 g/mol. The average Bonchev–Trinajstić information content (AvgIpc) is 2.33. The summed E-state index contributed by atoms with van der Waals surface area (Å²) in [5.74, 6) is -39.3. The van der Waals surface area contributed by atoms with E-state index < -0.39 is 61.5 Å². The van der Waals surface area contributed by atoms with Gasteiger partial charge in [-0.25, -0.2) is 0 Å². The van der Waals surface area contributed by atoms with Crippen molar-refractivity contribution in [3.63, 3.8) is 0 Å². The van der Waals surface area contributed by atoms with Gasteiger partial charge >= 0.3 is 41.7 Å². The third-order valence-corrected chi connectivity index (χ3v) is 2.97. The first-order chi connectivity index (χ1) is 10.5. The molecule has 0 saturated carbocycles. The Labute approximate surface area is 129 Å². The molecule has 15 heteroatoms. The highest BCUT2D eigenvalue weighted by Gasteiger charge is 2.82. The first-order valence-electron chi connectivity index (χ1n) is 5.79. The van der Waals surface area contributed by atoms with E-state index in [4.69, 9.17) is 0 Å². The molecule has 0 aromatic heterocycles. The van der Waals surface area contributed by atoms with Gasteiger partial charge in [0.2, 0.25) is 0 Å². The van der Waals surface area contributed by atoms with Crippen LogP contribution in [-0.4, -0.2) is 41.7 Å². The van der Waals surface area contributed by atoms with Crippen molar-refractivity contribution >= 4 is 0 Å². The van der Waals surface area contributed by atoms with E-state index >= 15 is 0 Å². The minimum absolute atomic E-state index is 0.772. The fourth-order valence-corrected chi connectivity index (χ4v) is 1.36. The minimum Gasteiger partial charge on any atom is -0.200 e. The first-order valence-corrected chi connectivity index (χ1v) is 5.79. The molecule has 0 aromatic carbocycles. The van der Waals surface area contributed by atoms with Crippen LogP contribution in [-0.2, 0) is 0 Å². The lowest BCUT2D eigenvalue weighted by Gasteiger charge is -2.35. The Morgan fingerprint density at radius 1 is 0.440 bits per heavy atom. The van der Waals surface area contributed by atoms with Crippen molar-refractivity contribution in [3.8, 4) is 0 Å². The van der Waals surface area contributed by atoms with Crippen LogP contribution in [0.25, 0.3) is 0 Å². The van der Waals surface area contributed by atoms with Crippen molar-refractivity contribution in [3.05, 3.63) is 0 Å². The Morgan fingerprint density at radius 2 is 0.720 bits per heavy atom. The lowest BCUT2D eigenvalue weighted by atomic mass is 9.94. The number of hydrogen-bond donors (Lipinski definition) is 0. The van der Waals surface area contributed by atoms with E-state index in [-0.39, 0.29) is 0 Å². The molecule has 25 heavy (non-hydrogen) atoms. The van der Waals surface area contributed by atoms with Crippen LogP contribution in [0.15, 0.2) is 0 Å². The molecule has 0 aliphatic heterocycles. The van der Waals surface area contributed by atoms with Gasteiger partial charge < -0.3 is 0 Å². The van der Waals surface area contributed by atoms with Gasteiger partial charge in [0.05, 0.1) is 0 Å². The maximum Gasteiger partial charge on any atom is 0.460 e. The molecule has 0 unspecified atom stereocenters. The Bertz CT molecular complexity index is 466. The second-order valence-electron chi connectivity index (χ2n) is 5.02. The fraction of sp³-hybridized carbons (Fsp3) is 1.00. The smallest absolute Gasteiger partial charge is 0.200 e. The molecule has 0 aromatic rings. The molecule has 0 spiro atoms. The summed E-state index contributed by atoms with van der Waals surface area (Å²) < 4.78 is 188. The van der Waals surface area contributed by atoms with Crippen molar-refractivity contribution < 1.29 is 65.9 Å². The molecule has 0 aliphatic rings. The molecule has 0 nitrogen and oxygen atoms in total. The van der Waals surface area contributed by atoms with Gasteiger partial charge in [-0.1, -0.05) is 0 Å². The van der Waals surface area contributed by atoms with Gasteiger partial charge in [0.25, 0.3) is 0 Å². The summed E-state index contributed by atoms with van der Waals surface area (Å²) >= 11 is 0. The van der Waals surface area contributed by atoms with Crippen molar-refractivity contribution in [1.82, 2.24) is 0 Å².